The quantitative estimate of drug-likeness (QED) is 0.583. The Bertz CT molecular complexity index is 186. The molecule has 0 N–H and O–H groups in total. The topological polar surface area (TPSA) is 40.1 Å². The van der Waals surface area contributed by atoms with Crippen molar-refractivity contribution in [3.05, 3.63) is 0 Å². The monoisotopic (exact) mass is 278 g/mol. The normalized spacial score (nSPS) is 28.4. The van der Waals surface area contributed by atoms with Crippen LogP contribution in [-0.2, 0) is 4.79 Å². The van der Waals surface area contributed by atoms with Crippen molar-refractivity contribution in [1.29, 1.82) is 0 Å². The predicted octanol–water partition coefficient (Wildman–Crippen LogP) is -1.55. The summed E-state index contributed by atoms with van der Waals surface area (Å²) in [5.74, 6) is -5.58. The number of carboxylic acids is 1. The summed E-state index contributed by atoms with van der Waals surface area (Å²) in [6, 6.07) is 0. The molecule has 1 rings (SSSR count). The van der Waals surface area contributed by atoms with Gasteiger partial charge in [0.05, 0.1) is 0 Å². The molecule has 78 valence electrons. The smallest absolute Gasteiger partial charge is 0.550 e. The van der Waals surface area contributed by atoms with Gasteiger partial charge in [-0.05, 0) is 5.92 Å². The number of aliphatic carboxylic acids is 1. The molecule has 2 nitrogen and oxygen atoms in total. The van der Waals surface area contributed by atoms with Gasteiger partial charge in [0.2, 0.25) is 5.92 Å². The van der Waals surface area contributed by atoms with Crippen LogP contribution < -0.4 is 63.3 Å². The van der Waals surface area contributed by atoms with Gasteiger partial charge in [-0.2, -0.15) is 0 Å². The summed E-state index contributed by atoms with van der Waals surface area (Å²) in [6.45, 7) is 5.52. The molecule has 1 fully saturated rings. The van der Waals surface area contributed by atoms with Gasteiger partial charge in [-0.25, -0.2) is 8.78 Å². The number of rotatable bonds is 1. The van der Waals surface area contributed by atoms with Crippen LogP contribution in [0.2, 0.25) is 0 Å². The maximum Gasteiger partial charge on any atom is 1.00 e. The van der Waals surface area contributed by atoms with Crippen molar-refractivity contribution in [2.75, 3.05) is 0 Å². The van der Waals surface area contributed by atoms with Gasteiger partial charge in [0.25, 0.3) is 0 Å². The second-order valence-electron chi connectivity index (χ2n) is 3.17. The summed E-state index contributed by atoms with van der Waals surface area (Å²) < 4.78 is 25.0. The molecule has 0 aromatic heterocycles. The zero-order valence-corrected chi connectivity index (χ0v) is 14.1. The number of alkyl halides is 2. The number of carbonyl (C=O) groups excluding carboxylic acids is 1. The van der Waals surface area contributed by atoms with E-state index in [0.29, 0.717) is 0 Å². The average Bonchev–Trinajstić information content (AvgIpc) is 2.29. The van der Waals surface area contributed by atoms with E-state index in [1.165, 1.54) is 6.92 Å². The largest absolute Gasteiger partial charge is 1.00 e. The Morgan fingerprint density at radius 2 is 1.79 bits per heavy atom. The van der Waals surface area contributed by atoms with Crippen LogP contribution in [0.1, 0.15) is 33.6 Å². The molecule has 0 aromatic rings. The molecule has 2 unspecified atom stereocenters. The number of carboxylic acid groups (broad SMARTS) is 1. The zero-order valence-electron chi connectivity index (χ0n) is 9.14. The second-order valence-corrected chi connectivity index (χ2v) is 3.17. The molecule has 0 aliphatic heterocycles. The molecule has 0 radical (unpaired) electrons. The van der Waals surface area contributed by atoms with Crippen molar-refractivity contribution in [2.24, 2.45) is 11.8 Å². The zero-order chi connectivity index (χ0) is 10.6. The van der Waals surface area contributed by atoms with Gasteiger partial charge in [-0.3, -0.25) is 0 Å². The Labute approximate surface area is 132 Å². The van der Waals surface area contributed by atoms with Crippen molar-refractivity contribution in [3.8, 4) is 0 Å². The van der Waals surface area contributed by atoms with Crippen molar-refractivity contribution in [3.63, 3.8) is 0 Å². The van der Waals surface area contributed by atoms with Gasteiger partial charge in [0.1, 0.15) is 0 Å². The Hall–Kier alpha value is 1.14. The van der Waals surface area contributed by atoms with Gasteiger partial charge in [-0.1, -0.05) is 20.8 Å². The van der Waals surface area contributed by atoms with E-state index in [-0.39, 0.29) is 64.6 Å². The predicted molar refractivity (Wildman–Crippen MR) is 43.2 cm³/mol. The van der Waals surface area contributed by atoms with E-state index in [9.17, 15) is 18.7 Å². The number of carbonyl (C=O) groups is 1. The minimum atomic E-state index is -2.80. The Balaban J connectivity index is 0. The maximum atomic E-state index is 12.5. The van der Waals surface area contributed by atoms with Crippen LogP contribution in [0.15, 0.2) is 0 Å². The first-order valence-electron chi connectivity index (χ1n) is 4.51. The molecule has 1 aliphatic carbocycles. The van der Waals surface area contributed by atoms with Gasteiger partial charge < -0.3 is 9.90 Å². The number of halogens is 2. The van der Waals surface area contributed by atoms with E-state index < -0.39 is 30.1 Å². The summed E-state index contributed by atoms with van der Waals surface area (Å²) in [5.41, 5.74) is 0. The van der Waals surface area contributed by atoms with Crippen LogP contribution in [-0.4, -0.2) is 11.9 Å². The van der Waals surface area contributed by atoms with E-state index in [2.05, 4.69) is 0 Å². The Kier molecular flexibility index (Phi) is 9.28. The molecular formula is C9H15F2O2Rb. The molecule has 2 atom stereocenters. The first kappa shape index (κ1) is 17.5. The minimum Gasteiger partial charge on any atom is -0.550 e. The van der Waals surface area contributed by atoms with E-state index in [1.807, 2.05) is 13.8 Å². The first-order valence-corrected chi connectivity index (χ1v) is 4.51. The summed E-state index contributed by atoms with van der Waals surface area (Å²) >= 11 is 0. The Morgan fingerprint density at radius 3 is 1.93 bits per heavy atom. The van der Waals surface area contributed by atoms with Gasteiger partial charge >= 0.3 is 58.2 Å². The SMILES string of the molecule is CC.CC1CC(F)(F)CC1C(=O)[O-].[Rb+]. The van der Waals surface area contributed by atoms with Crippen molar-refractivity contribution >= 4 is 5.97 Å². The molecule has 0 amide bonds. The van der Waals surface area contributed by atoms with Crippen LogP contribution in [0.3, 0.4) is 0 Å². The van der Waals surface area contributed by atoms with Crippen LogP contribution in [0, 0.1) is 11.8 Å². The van der Waals surface area contributed by atoms with E-state index >= 15 is 0 Å². The molecular weight excluding hydrogens is 264 g/mol. The van der Waals surface area contributed by atoms with Crippen LogP contribution in [0.25, 0.3) is 0 Å². The molecule has 5 heteroatoms. The molecule has 0 aromatic carbocycles. The van der Waals surface area contributed by atoms with Crippen LogP contribution in [0.4, 0.5) is 8.78 Å². The Morgan fingerprint density at radius 1 is 1.36 bits per heavy atom. The average molecular weight is 279 g/mol. The first-order chi connectivity index (χ1) is 5.92. The van der Waals surface area contributed by atoms with Gasteiger partial charge in [0.15, 0.2) is 0 Å². The molecule has 1 aliphatic rings. The molecule has 0 heterocycles. The van der Waals surface area contributed by atoms with Crippen molar-refractivity contribution in [1.82, 2.24) is 0 Å². The standard InChI is InChI=1S/C7H10F2O2.C2H6.Rb/c1-4-2-7(8,9)3-5(4)6(10)11;1-2;/h4-5H,2-3H2,1H3,(H,10,11);1-2H3;/q;;+1/p-1. The summed E-state index contributed by atoms with van der Waals surface area (Å²) in [6.07, 6.45) is -0.887. The molecule has 0 bridgehead atoms. The van der Waals surface area contributed by atoms with E-state index in [0.717, 1.165) is 0 Å². The van der Waals surface area contributed by atoms with Crippen molar-refractivity contribution < 1.29 is 76.9 Å². The molecule has 0 spiro atoms. The second kappa shape index (κ2) is 7.42. The molecule has 1 saturated carbocycles. The third-order valence-corrected chi connectivity index (χ3v) is 2.13. The van der Waals surface area contributed by atoms with Crippen LogP contribution >= 0.6 is 0 Å². The summed E-state index contributed by atoms with van der Waals surface area (Å²) in [4.78, 5) is 10.3. The van der Waals surface area contributed by atoms with Gasteiger partial charge in [-0.15, -0.1) is 0 Å². The minimum absolute atomic E-state index is 0. The fourth-order valence-corrected chi connectivity index (χ4v) is 1.54. The van der Waals surface area contributed by atoms with Gasteiger partial charge in [0, 0.05) is 24.7 Å². The van der Waals surface area contributed by atoms with Crippen LogP contribution in [0.5, 0.6) is 0 Å². The van der Waals surface area contributed by atoms with Crippen molar-refractivity contribution in [2.45, 2.75) is 39.5 Å². The van der Waals surface area contributed by atoms with E-state index in [4.69, 9.17) is 0 Å². The third kappa shape index (κ3) is 5.28. The summed E-state index contributed by atoms with van der Waals surface area (Å²) in [5, 5.41) is 10.3. The summed E-state index contributed by atoms with van der Waals surface area (Å²) in [7, 11) is 0. The maximum absolute atomic E-state index is 12.5. The molecule has 0 saturated heterocycles. The van der Waals surface area contributed by atoms with E-state index in [1.54, 1.807) is 0 Å². The fraction of sp³-hybridized carbons (Fsp3) is 0.889. The fourth-order valence-electron chi connectivity index (χ4n) is 1.54. The number of hydrogen-bond donors (Lipinski definition) is 0. The number of hydrogen-bond acceptors (Lipinski definition) is 2. The third-order valence-electron chi connectivity index (χ3n) is 2.13. The molecule has 14 heavy (non-hydrogen) atoms.